The summed E-state index contributed by atoms with van der Waals surface area (Å²) in [5, 5.41) is 8.91. The van der Waals surface area contributed by atoms with Crippen molar-refractivity contribution in [2.24, 2.45) is 0 Å². The fourth-order valence-corrected chi connectivity index (χ4v) is 2.33. The molecule has 0 radical (unpaired) electrons. The number of imidazole rings is 1. The summed E-state index contributed by atoms with van der Waals surface area (Å²) >= 11 is 0. The van der Waals surface area contributed by atoms with Gasteiger partial charge in [-0.25, -0.2) is 9.59 Å². The average molecular weight is 297 g/mol. The van der Waals surface area contributed by atoms with Crippen LogP contribution in [0.25, 0.3) is 0 Å². The molecule has 8 heteroatoms. The predicted octanol–water partition coefficient (Wildman–Crippen LogP) is -0.505. The summed E-state index contributed by atoms with van der Waals surface area (Å²) < 4.78 is 6.59. The van der Waals surface area contributed by atoms with Gasteiger partial charge < -0.3 is 19.7 Å². The van der Waals surface area contributed by atoms with E-state index in [1.807, 2.05) is 6.92 Å². The molecular formula is C13H19N3O5. The van der Waals surface area contributed by atoms with Crippen molar-refractivity contribution >= 4 is 11.9 Å². The number of aromatic nitrogens is 2. The fraction of sp³-hybridized carbons (Fsp3) is 0.615. The number of aryl methyl sites for hydroxylation is 1. The summed E-state index contributed by atoms with van der Waals surface area (Å²) in [6.45, 7) is 4.53. The van der Waals surface area contributed by atoms with Gasteiger partial charge in [-0.15, -0.1) is 0 Å². The Kier molecular flexibility index (Phi) is 4.46. The number of aromatic amines is 1. The third-order valence-corrected chi connectivity index (χ3v) is 3.73. The predicted molar refractivity (Wildman–Crippen MR) is 73.1 cm³/mol. The second-order valence-electron chi connectivity index (χ2n) is 5.08. The van der Waals surface area contributed by atoms with Crippen molar-refractivity contribution in [3.05, 3.63) is 21.9 Å². The molecule has 1 aliphatic heterocycles. The Balaban J connectivity index is 1.95. The van der Waals surface area contributed by atoms with Crippen LogP contribution in [0.5, 0.6) is 0 Å². The number of hydrogen-bond donors (Lipinski definition) is 2. The molecule has 2 heterocycles. The standard InChI is InChI=1S/C13H19N3O5/c1-8-9(2)16(13(20)14-8)4-3-11(17)15-5-6-21-10(7-15)12(18)19/h10H,3-7H2,1-2H3,(H,14,20)(H,18,19). The van der Waals surface area contributed by atoms with Gasteiger partial charge in [-0.3, -0.25) is 9.36 Å². The van der Waals surface area contributed by atoms with Crippen molar-refractivity contribution in [1.82, 2.24) is 14.5 Å². The van der Waals surface area contributed by atoms with E-state index in [9.17, 15) is 14.4 Å². The molecule has 8 nitrogen and oxygen atoms in total. The number of carboxylic acids is 1. The number of aliphatic carboxylic acids is 1. The fourth-order valence-electron chi connectivity index (χ4n) is 2.33. The molecule has 2 rings (SSSR count). The van der Waals surface area contributed by atoms with Gasteiger partial charge >= 0.3 is 11.7 Å². The number of carbonyl (C=O) groups is 2. The van der Waals surface area contributed by atoms with Crippen LogP contribution in [0, 0.1) is 13.8 Å². The molecule has 2 N–H and O–H groups in total. The topological polar surface area (TPSA) is 105 Å². The zero-order valence-electron chi connectivity index (χ0n) is 12.1. The Morgan fingerprint density at radius 2 is 2.14 bits per heavy atom. The summed E-state index contributed by atoms with van der Waals surface area (Å²) in [6.07, 6.45) is -0.814. The number of carbonyl (C=O) groups excluding carboxylic acids is 1. The van der Waals surface area contributed by atoms with Gasteiger partial charge in [0.05, 0.1) is 13.2 Å². The number of nitrogens with zero attached hydrogens (tertiary/aromatic N) is 2. The van der Waals surface area contributed by atoms with Crippen molar-refractivity contribution in [3.63, 3.8) is 0 Å². The number of hydrogen-bond acceptors (Lipinski definition) is 4. The van der Waals surface area contributed by atoms with Crippen LogP contribution in [-0.2, 0) is 20.9 Å². The van der Waals surface area contributed by atoms with Crippen molar-refractivity contribution < 1.29 is 19.4 Å². The number of rotatable bonds is 4. The minimum Gasteiger partial charge on any atom is -0.479 e. The summed E-state index contributed by atoms with van der Waals surface area (Å²) in [4.78, 5) is 38.8. The van der Waals surface area contributed by atoms with Crippen LogP contribution in [-0.4, -0.2) is 57.2 Å². The molecule has 1 fully saturated rings. The van der Waals surface area contributed by atoms with Crippen LogP contribution < -0.4 is 5.69 Å². The molecule has 116 valence electrons. The van der Waals surface area contributed by atoms with E-state index in [0.29, 0.717) is 6.54 Å². The Labute approximate surface area is 121 Å². The average Bonchev–Trinajstić information content (AvgIpc) is 2.70. The monoisotopic (exact) mass is 297 g/mol. The first-order valence-electron chi connectivity index (χ1n) is 6.78. The molecule has 1 atom stereocenters. The lowest BCUT2D eigenvalue weighted by Crippen LogP contribution is -2.48. The summed E-state index contributed by atoms with van der Waals surface area (Å²) in [5.41, 5.74) is 1.35. The molecule has 0 spiro atoms. The third kappa shape index (κ3) is 3.33. The SMILES string of the molecule is Cc1[nH]c(=O)n(CCC(=O)N2CCOC(C(=O)O)C2)c1C. The molecule has 0 aliphatic carbocycles. The van der Waals surface area contributed by atoms with Crippen molar-refractivity contribution in [1.29, 1.82) is 0 Å². The quantitative estimate of drug-likeness (QED) is 0.779. The number of nitrogens with one attached hydrogen (secondary N) is 1. The maximum absolute atomic E-state index is 12.1. The smallest absolute Gasteiger partial charge is 0.334 e. The molecule has 0 bridgehead atoms. The molecule has 0 aromatic carbocycles. The van der Waals surface area contributed by atoms with Gasteiger partial charge in [0, 0.05) is 30.9 Å². The molecule has 1 unspecified atom stereocenters. The zero-order valence-corrected chi connectivity index (χ0v) is 12.1. The Bertz CT molecular complexity index is 603. The maximum atomic E-state index is 12.1. The molecule has 21 heavy (non-hydrogen) atoms. The van der Waals surface area contributed by atoms with E-state index in [0.717, 1.165) is 11.4 Å². The highest BCUT2D eigenvalue weighted by Gasteiger charge is 2.28. The highest BCUT2D eigenvalue weighted by atomic mass is 16.5. The highest BCUT2D eigenvalue weighted by molar-refractivity contribution is 5.78. The lowest BCUT2D eigenvalue weighted by Gasteiger charge is -2.31. The molecular weight excluding hydrogens is 278 g/mol. The van der Waals surface area contributed by atoms with E-state index < -0.39 is 12.1 Å². The van der Waals surface area contributed by atoms with E-state index in [2.05, 4.69) is 4.98 Å². The maximum Gasteiger partial charge on any atom is 0.334 e. The van der Waals surface area contributed by atoms with Crippen molar-refractivity contribution in [2.45, 2.75) is 32.9 Å². The number of amides is 1. The lowest BCUT2D eigenvalue weighted by atomic mass is 10.2. The second kappa shape index (κ2) is 6.13. The lowest BCUT2D eigenvalue weighted by molar-refractivity contribution is -0.159. The van der Waals surface area contributed by atoms with Crippen molar-refractivity contribution in [2.75, 3.05) is 19.7 Å². The van der Waals surface area contributed by atoms with Crippen LogP contribution in [0.2, 0.25) is 0 Å². The first-order valence-corrected chi connectivity index (χ1v) is 6.78. The first kappa shape index (κ1) is 15.3. The van der Waals surface area contributed by atoms with Gasteiger partial charge in [0.25, 0.3) is 0 Å². The van der Waals surface area contributed by atoms with Gasteiger partial charge in [-0.1, -0.05) is 0 Å². The molecule has 1 aromatic heterocycles. The summed E-state index contributed by atoms with van der Waals surface area (Å²) in [7, 11) is 0. The largest absolute Gasteiger partial charge is 0.479 e. The summed E-state index contributed by atoms with van der Waals surface area (Å²) in [5.74, 6) is -1.24. The van der Waals surface area contributed by atoms with Crippen LogP contribution in [0.4, 0.5) is 0 Å². The van der Waals surface area contributed by atoms with Gasteiger partial charge in [0.1, 0.15) is 0 Å². The third-order valence-electron chi connectivity index (χ3n) is 3.73. The van der Waals surface area contributed by atoms with Crippen LogP contribution in [0.1, 0.15) is 17.8 Å². The number of H-pyrrole nitrogens is 1. The van der Waals surface area contributed by atoms with E-state index in [4.69, 9.17) is 9.84 Å². The van der Waals surface area contributed by atoms with Crippen LogP contribution >= 0.6 is 0 Å². The minimum atomic E-state index is -1.07. The molecule has 0 saturated carbocycles. The molecule has 1 amide bonds. The van der Waals surface area contributed by atoms with E-state index >= 15 is 0 Å². The highest BCUT2D eigenvalue weighted by Crippen LogP contribution is 2.08. The molecule has 1 aromatic rings. The molecule has 1 aliphatic rings. The van der Waals surface area contributed by atoms with Gasteiger partial charge in [-0.05, 0) is 13.8 Å². The van der Waals surface area contributed by atoms with Crippen LogP contribution in [0.3, 0.4) is 0 Å². The Morgan fingerprint density at radius 1 is 1.43 bits per heavy atom. The number of morpholine rings is 1. The second-order valence-corrected chi connectivity index (χ2v) is 5.08. The summed E-state index contributed by atoms with van der Waals surface area (Å²) in [6, 6.07) is 0. The minimum absolute atomic E-state index is 0.0498. The zero-order chi connectivity index (χ0) is 15.6. The first-order chi connectivity index (χ1) is 9.90. The normalized spacial score (nSPS) is 18.8. The van der Waals surface area contributed by atoms with E-state index in [-0.39, 0.29) is 37.7 Å². The van der Waals surface area contributed by atoms with Crippen LogP contribution in [0.15, 0.2) is 4.79 Å². The molecule has 1 saturated heterocycles. The number of ether oxygens (including phenoxy) is 1. The van der Waals surface area contributed by atoms with E-state index in [1.165, 1.54) is 9.47 Å². The van der Waals surface area contributed by atoms with E-state index in [1.54, 1.807) is 6.92 Å². The van der Waals surface area contributed by atoms with Gasteiger partial charge in [0.2, 0.25) is 5.91 Å². The Hall–Kier alpha value is -2.09. The Morgan fingerprint density at radius 3 is 2.71 bits per heavy atom. The van der Waals surface area contributed by atoms with Gasteiger partial charge in [0.15, 0.2) is 6.10 Å². The number of carboxylic acid groups (broad SMARTS) is 1. The van der Waals surface area contributed by atoms with Crippen molar-refractivity contribution in [3.8, 4) is 0 Å². The van der Waals surface area contributed by atoms with Gasteiger partial charge in [-0.2, -0.15) is 0 Å².